The van der Waals surface area contributed by atoms with Crippen molar-refractivity contribution in [2.75, 3.05) is 13.7 Å². The fourth-order valence-corrected chi connectivity index (χ4v) is 2.44. The van der Waals surface area contributed by atoms with E-state index >= 15 is 0 Å². The Labute approximate surface area is 86.0 Å². The molecule has 1 saturated heterocycles. The summed E-state index contributed by atoms with van der Waals surface area (Å²) in [6.07, 6.45) is 4.92. The Hall–Kier alpha value is -0.120. The summed E-state index contributed by atoms with van der Waals surface area (Å²) in [6.45, 7) is 2.59. The predicted octanol–water partition coefficient (Wildman–Crippen LogP) is 1.01. The average Bonchev–Trinajstić information content (AvgIpc) is 2.06. The maximum Gasteiger partial charge on any atom is 0.0929 e. The molecule has 3 atom stereocenters. The molecule has 2 fully saturated rings. The highest BCUT2D eigenvalue weighted by Crippen LogP contribution is 2.29. The maximum absolute atomic E-state index is 9.86. The fraction of sp³-hybridized carbons (Fsp3) is 1.00. The minimum absolute atomic E-state index is 0.295. The highest BCUT2D eigenvalue weighted by Gasteiger charge is 2.35. The molecule has 1 heterocycles. The van der Waals surface area contributed by atoms with Gasteiger partial charge in [0.2, 0.25) is 0 Å². The van der Waals surface area contributed by atoms with Crippen LogP contribution in [0.4, 0.5) is 0 Å². The van der Waals surface area contributed by atoms with Crippen LogP contribution in [0.15, 0.2) is 0 Å². The molecule has 2 rings (SSSR count). The molecule has 1 aliphatic carbocycles. The largest absolute Gasteiger partial charge is 0.389 e. The van der Waals surface area contributed by atoms with E-state index in [4.69, 9.17) is 4.74 Å². The van der Waals surface area contributed by atoms with Crippen LogP contribution in [0.2, 0.25) is 0 Å². The van der Waals surface area contributed by atoms with Gasteiger partial charge in [-0.3, -0.25) is 4.90 Å². The summed E-state index contributed by atoms with van der Waals surface area (Å²) < 4.78 is 5.43. The summed E-state index contributed by atoms with van der Waals surface area (Å²) in [4.78, 5) is 2.37. The Morgan fingerprint density at radius 2 is 2.07 bits per heavy atom. The molecule has 1 saturated carbocycles. The number of nitrogens with zero attached hydrogens (tertiary/aromatic N) is 1. The molecule has 1 aliphatic heterocycles. The number of aliphatic hydroxyl groups is 1. The van der Waals surface area contributed by atoms with Gasteiger partial charge in [-0.05, 0) is 33.2 Å². The van der Waals surface area contributed by atoms with Gasteiger partial charge in [0.05, 0.1) is 18.8 Å². The first-order valence-electron chi connectivity index (χ1n) is 5.70. The molecule has 0 amide bonds. The number of ether oxygens (including phenoxy) is 1. The van der Waals surface area contributed by atoms with Gasteiger partial charge in [0.1, 0.15) is 0 Å². The number of rotatable bonds is 2. The average molecular weight is 199 g/mol. The zero-order valence-corrected chi connectivity index (χ0v) is 9.15. The van der Waals surface area contributed by atoms with E-state index in [1.807, 2.05) is 0 Å². The SMILES string of the molecule is C[C@@H]1C[C@H](N(C)C2CCC2)[C@@H](O)CO1. The van der Waals surface area contributed by atoms with Crippen molar-refractivity contribution in [3.05, 3.63) is 0 Å². The van der Waals surface area contributed by atoms with Crippen molar-refractivity contribution in [2.45, 2.75) is 56.9 Å². The van der Waals surface area contributed by atoms with Crippen molar-refractivity contribution in [2.24, 2.45) is 0 Å². The highest BCUT2D eigenvalue weighted by atomic mass is 16.5. The molecule has 1 N–H and O–H groups in total. The second kappa shape index (κ2) is 4.17. The molecule has 0 bridgehead atoms. The third-order valence-electron chi connectivity index (χ3n) is 3.74. The lowest BCUT2D eigenvalue weighted by Crippen LogP contribution is -2.54. The number of hydrogen-bond donors (Lipinski definition) is 1. The van der Waals surface area contributed by atoms with Crippen LogP contribution in [0.1, 0.15) is 32.6 Å². The smallest absolute Gasteiger partial charge is 0.0929 e. The van der Waals surface area contributed by atoms with Crippen LogP contribution in [0.3, 0.4) is 0 Å². The highest BCUT2D eigenvalue weighted by molar-refractivity contribution is 4.89. The van der Waals surface area contributed by atoms with E-state index in [0.29, 0.717) is 24.8 Å². The zero-order chi connectivity index (χ0) is 10.1. The van der Waals surface area contributed by atoms with Crippen molar-refractivity contribution in [1.82, 2.24) is 4.90 Å². The predicted molar refractivity (Wildman–Crippen MR) is 55.2 cm³/mol. The molecule has 2 aliphatic rings. The van der Waals surface area contributed by atoms with Crippen molar-refractivity contribution >= 4 is 0 Å². The minimum atomic E-state index is -0.295. The van der Waals surface area contributed by atoms with Gasteiger partial charge < -0.3 is 9.84 Å². The third kappa shape index (κ3) is 1.95. The normalized spacial score (nSPS) is 39.9. The van der Waals surface area contributed by atoms with Gasteiger partial charge in [0.15, 0.2) is 0 Å². The molecule has 0 aromatic heterocycles. The number of likely N-dealkylation sites (N-methyl/N-ethyl adjacent to an activating group) is 1. The molecule has 3 nitrogen and oxygen atoms in total. The summed E-state index contributed by atoms with van der Waals surface area (Å²) in [6, 6.07) is 1.02. The topological polar surface area (TPSA) is 32.7 Å². The van der Waals surface area contributed by atoms with Gasteiger partial charge >= 0.3 is 0 Å². The molecular formula is C11H21NO2. The Balaban J connectivity index is 1.92. The fourth-order valence-electron chi connectivity index (χ4n) is 2.44. The summed E-state index contributed by atoms with van der Waals surface area (Å²) in [5.41, 5.74) is 0. The summed E-state index contributed by atoms with van der Waals surface area (Å²) >= 11 is 0. The standard InChI is InChI=1S/C11H21NO2/c1-8-6-10(11(13)7-14-8)12(2)9-4-3-5-9/h8-11,13H,3-7H2,1-2H3/t8-,10+,11+/m1/s1. The lowest BCUT2D eigenvalue weighted by atomic mass is 9.88. The van der Waals surface area contributed by atoms with Crippen molar-refractivity contribution < 1.29 is 9.84 Å². The van der Waals surface area contributed by atoms with Crippen LogP contribution in [0.25, 0.3) is 0 Å². The van der Waals surface area contributed by atoms with Gasteiger partial charge in [0.25, 0.3) is 0 Å². The van der Waals surface area contributed by atoms with Gasteiger partial charge in [0, 0.05) is 12.1 Å². The van der Waals surface area contributed by atoms with Gasteiger partial charge in [-0.2, -0.15) is 0 Å². The quantitative estimate of drug-likeness (QED) is 0.720. The van der Waals surface area contributed by atoms with Crippen molar-refractivity contribution in [3.8, 4) is 0 Å². The Bertz CT molecular complexity index is 194. The summed E-state index contributed by atoms with van der Waals surface area (Å²) in [5, 5.41) is 9.86. The van der Waals surface area contributed by atoms with Gasteiger partial charge in [-0.25, -0.2) is 0 Å². The van der Waals surface area contributed by atoms with Gasteiger partial charge in [-0.15, -0.1) is 0 Å². The lowest BCUT2D eigenvalue weighted by molar-refractivity contribution is -0.104. The van der Waals surface area contributed by atoms with Crippen molar-refractivity contribution in [3.63, 3.8) is 0 Å². The Kier molecular flexibility index (Phi) is 3.10. The van der Waals surface area contributed by atoms with Crippen molar-refractivity contribution in [1.29, 1.82) is 0 Å². The molecule has 0 radical (unpaired) electrons. The number of aliphatic hydroxyl groups excluding tert-OH is 1. The second-order valence-electron chi connectivity index (χ2n) is 4.76. The number of hydrogen-bond acceptors (Lipinski definition) is 3. The Morgan fingerprint density at radius 1 is 1.36 bits per heavy atom. The third-order valence-corrected chi connectivity index (χ3v) is 3.74. The lowest BCUT2D eigenvalue weighted by Gasteiger charge is -2.44. The van der Waals surface area contributed by atoms with Crippen LogP contribution in [-0.4, -0.2) is 48.0 Å². The van der Waals surface area contributed by atoms with E-state index in [1.165, 1.54) is 19.3 Å². The van der Waals surface area contributed by atoms with E-state index in [0.717, 1.165) is 6.42 Å². The van der Waals surface area contributed by atoms with Crippen LogP contribution in [-0.2, 0) is 4.74 Å². The molecular weight excluding hydrogens is 178 g/mol. The first kappa shape index (κ1) is 10.4. The molecule has 3 heteroatoms. The molecule has 0 unspecified atom stereocenters. The summed E-state index contributed by atoms with van der Waals surface area (Å²) in [5.74, 6) is 0. The first-order valence-corrected chi connectivity index (χ1v) is 5.70. The maximum atomic E-state index is 9.86. The van der Waals surface area contributed by atoms with E-state index in [-0.39, 0.29) is 6.10 Å². The zero-order valence-electron chi connectivity index (χ0n) is 9.15. The molecule has 0 aromatic carbocycles. The molecule has 82 valence electrons. The van der Waals surface area contributed by atoms with Crippen LogP contribution < -0.4 is 0 Å². The van der Waals surface area contributed by atoms with E-state index in [1.54, 1.807) is 0 Å². The van der Waals surface area contributed by atoms with Crippen LogP contribution >= 0.6 is 0 Å². The monoisotopic (exact) mass is 199 g/mol. The molecule has 0 spiro atoms. The van der Waals surface area contributed by atoms with E-state index < -0.39 is 0 Å². The summed E-state index contributed by atoms with van der Waals surface area (Å²) in [7, 11) is 2.15. The first-order chi connectivity index (χ1) is 6.68. The van der Waals surface area contributed by atoms with Crippen LogP contribution in [0.5, 0.6) is 0 Å². The molecule has 0 aromatic rings. The van der Waals surface area contributed by atoms with Gasteiger partial charge in [-0.1, -0.05) is 6.42 Å². The van der Waals surface area contributed by atoms with Crippen LogP contribution in [0, 0.1) is 0 Å². The second-order valence-corrected chi connectivity index (χ2v) is 4.76. The Morgan fingerprint density at radius 3 is 2.64 bits per heavy atom. The molecule has 14 heavy (non-hydrogen) atoms. The van der Waals surface area contributed by atoms with E-state index in [9.17, 15) is 5.11 Å². The minimum Gasteiger partial charge on any atom is -0.389 e. The van der Waals surface area contributed by atoms with E-state index in [2.05, 4.69) is 18.9 Å².